The van der Waals surface area contributed by atoms with Crippen LogP contribution in [-0.2, 0) is 6.42 Å². The van der Waals surface area contributed by atoms with E-state index < -0.39 is 24.8 Å². The molecule has 26 heavy (non-hydrogen) atoms. The van der Waals surface area contributed by atoms with Gasteiger partial charge < -0.3 is 14.6 Å². The molecule has 140 valence electrons. The zero-order valence-corrected chi connectivity index (χ0v) is 14.6. The summed E-state index contributed by atoms with van der Waals surface area (Å²) in [4.78, 5) is 6.20. The smallest absolute Gasteiger partial charge is 0.376 e. The monoisotopic (exact) mass is 368 g/mol. The fourth-order valence-corrected chi connectivity index (χ4v) is 3.23. The number of fused-ring (bicyclic) bond motifs is 1. The van der Waals surface area contributed by atoms with Crippen LogP contribution in [0.3, 0.4) is 0 Å². The molecule has 0 aliphatic carbocycles. The third-order valence-electron chi connectivity index (χ3n) is 4.45. The molecule has 1 aliphatic rings. The van der Waals surface area contributed by atoms with Gasteiger partial charge in [0.2, 0.25) is 0 Å². The molecule has 1 saturated heterocycles. The molecule has 0 aromatic carbocycles. The Balaban J connectivity index is 1.99. The van der Waals surface area contributed by atoms with Crippen LogP contribution in [0.15, 0.2) is 18.3 Å². The summed E-state index contributed by atoms with van der Waals surface area (Å²) in [5.74, 6) is 5.25. The van der Waals surface area contributed by atoms with Crippen LogP contribution in [0.2, 0.25) is 0 Å². The minimum Gasteiger partial charge on any atom is -0.376 e. The van der Waals surface area contributed by atoms with E-state index in [1.807, 2.05) is 11.9 Å². The van der Waals surface area contributed by atoms with E-state index in [9.17, 15) is 17.6 Å². The largest absolute Gasteiger partial charge is 0.394 e. The summed E-state index contributed by atoms with van der Waals surface area (Å²) in [5, 5.41) is 3.13. The molecule has 0 bridgehead atoms. The summed E-state index contributed by atoms with van der Waals surface area (Å²) < 4.78 is 54.6. The highest BCUT2D eigenvalue weighted by atomic mass is 19.4. The lowest BCUT2D eigenvalue weighted by molar-refractivity contribution is -0.128. The van der Waals surface area contributed by atoms with Crippen LogP contribution in [-0.4, -0.2) is 52.8 Å². The topological polar surface area (TPSA) is 32.6 Å². The number of anilines is 1. The number of pyridine rings is 1. The van der Waals surface area contributed by atoms with Crippen molar-refractivity contribution in [1.29, 1.82) is 0 Å². The van der Waals surface area contributed by atoms with Crippen LogP contribution in [0, 0.1) is 11.8 Å². The van der Waals surface area contributed by atoms with Crippen molar-refractivity contribution in [2.75, 3.05) is 25.5 Å². The van der Waals surface area contributed by atoms with Crippen LogP contribution in [0.4, 0.5) is 23.2 Å². The van der Waals surface area contributed by atoms with Crippen molar-refractivity contribution in [2.45, 2.75) is 38.2 Å². The van der Waals surface area contributed by atoms with Gasteiger partial charge in [-0.2, -0.15) is 13.2 Å². The van der Waals surface area contributed by atoms with Gasteiger partial charge in [0.25, 0.3) is 0 Å². The summed E-state index contributed by atoms with van der Waals surface area (Å²) in [6.45, 7) is 2.62. The molecule has 0 amide bonds. The summed E-state index contributed by atoms with van der Waals surface area (Å²) in [6.07, 6.45) is -4.43. The number of piperidine rings is 1. The first-order valence-electron chi connectivity index (χ1n) is 8.37. The highest BCUT2D eigenvalue weighted by molar-refractivity contribution is 5.70. The number of alkyl halides is 4. The molecule has 0 unspecified atom stereocenters. The molecule has 2 aromatic rings. The number of hydrogen-bond acceptors (Lipinski definition) is 3. The van der Waals surface area contributed by atoms with Crippen molar-refractivity contribution in [3.8, 4) is 11.8 Å². The summed E-state index contributed by atoms with van der Waals surface area (Å²) >= 11 is 0. The summed E-state index contributed by atoms with van der Waals surface area (Å²) in [7, 11) is 1.86. The third-order valence-corrected chi connectivity index (χ3v) is 4.45. The molecular formula is C18H20F4N4. The van der Waals surface area contributed by atoms with Crippen molar-refractivity contribution in [2.24, 2.45) is 0 Å². The van der Waals surface area contributed by atoms with Crippen LogP contribution in [0.5, 0.6) is 0 Å². The Bertz CT molecular complexity index is 846. The maximum atomic E-state index is 14.3. The molecule has 3 rings (SSSR count). The Hall–Kier alpha value is -2.27. The number of likely N-dealkylation sites (tertiary alicyclic amines) is 1. The fourth-order valence-electron chi connectivity index (χ4n) is 3.23. The van der Waals surface area contributed by atoms with Crippen molar-refractivity contribution in [3.63, 3.8) is 0 Å². The third kappa shape index (κ3) is 3.93. The molecule has 4 nitrogen and oxygen atoms in total. The molecule has 2 atom stereocenters. The average molecular weight is 368 g/mol. The predicted octanol–water partition coefficient (Wildman–Crippen LogP) is 3.26. The number of imidazole rings is 1. The molecule has 0 radical (unpaired) electrons. The second-order valence-corrected chi connectivity index (χ2v) is 6.51. The number of hydrogen-bond donors (Lipinski definition) is 1. The first-order chi connectivity index (χ1) is 12.3. The minimum atomic E-state index is -4.37. The van der Waals surface area contributed by atoms with Crippen LogP contribution in [0.1, 0.15) is 24.7 Å². The lowest BCUT2D eigenvalue weighted by atomic mass is 10.0. The van der Waals surface area contributed by atoms with Crippen molar-refractivity contribution in [1.82, 2.24) is 14.3 Å². The van der Waals surface area contributed by atoms with Gasteiger partial charge in [0.05, 0.1) is 23.8 Å². The quantitative estimate of drug-likeness (QED) is 0.667. The van der Waals surface area contributed by atoms with E-state index in [0.29, 0.717) is 24.3 Å². The normalized spacial score (nSPS) is 21.5. The Morgan fingerprint density at radius 3 is 2.81 bits per heavy atom. The lowest BCUT2D eigenvalue weighted by Gasteiger charge is -2.33. The van der Waals surface area contributed by atoms with Crippen molar-refractivity contribution < 1.29 is 17.6 Å². The lowest BCUT2D eigenvalue weighted by Crippen LogP contribution is -2.46. The zero-order chi connectivity index (χ0) is 18.9. The van der Waals surface area contributed by atoms with Gasteiger partial charge in [-0.15, -0.1) is 0 Å². The maximum absolute atomic E-state index is 14.3. The molecule has 0 spiro atoms. The molecule has 8 heteroatoms. The van der Waals surface area contributed by atoms with Crippen molar-refractivity contribution in [3.05, 3.63) is 29.7 Å². The molecule has 1 aliphatic heterocycles. The molecular weight excluding hydrogens is 348 g/mol. The maximum Gasteiger partial charge on any atom is 0.394 e. The standard InChI is InChI=1S/C18H20F4N4/c1-3-5-14-16(10-18(20,21)22)26-8-4-6-15(17(26)24-14)23-13-7-9-25(2)11-12(13)19/h4,6,8,12-13,23H,7,9-11H2,1-2H3/t12-,13+/m0/s1. The number of halogens is 4. The van der Waals surface area contributed by atoms with E-state index in [1.54, 1.807) is 19.1 Å². The molecule has 1 fully saturated rings. The average Bonchev–Trinajstić information content (AvgIpc) is 2.88. The van der Waals surface area contributed by atoms with Crippen molar-refractivity contribution >= 4 is 11.3 Å². The Morgan fingerprint density at radius 2 is 2.15 bits per heavy atom. The van der Waals surface area contributed by atoms with E-state index in [-0.39, 0.29) is 11.4 Å². The first-order valence-corrected chi connectivity index (χ1v) is 8.37. The minimum absolute atomic E-state index is 0.00863. The van der Waals surface area contributed by atoms with E-state index in [4.69, 9.17) is 0 Å². The van der Waals surface area contributed by atoms with Gasteiger partial charge in [-0.1, -0.05) is 5.92 Å². The van der Waals surface area contributed by atoms with E-state index in [1.165, 1.54) is 10.6 Å². The molecule has 3 heterocycles. The zero-order valence-electron chi connectivity index (χ0n) is 14.6. The van der Waals surface area contributed by atoms with Crippen LogP contribution >= 0.6 is 0 Å². The predicted molar refractivity (Wildman–Crippen MR) is 91.9 cm³/mol. The van der Waals surface area contributed by atoms with Gasteiger partial charge in [0, 0.05) is 19.3 Å². The van der Waals surface area contributed by atoms with Gasteiger partial charge in [0.1, 0.15) is 11.9 Å². The van der Waals surface area contributed by atoms with Gasteiger partial charge >= 0.3 is 6.18 Å². The Labute approximate surface area is 149 Å². The Morgan fingerprint density at radius 1 is 1.38 bits per heavy atom. The second-order valence-electron chi connectivity index (χ2n) is 6.51. The number of nitrogens with zero attached hydrogens (tertiary/aromatic N) is 3. The van der Waals surface area contributed by atoms with Crippen LogP contribution in [0.25, 0.3) is 5.65 Å². The molecule has 1 N–H and O–H groups in total. The van der Waals surface area contributed by atoms with E-state index in [0.717, 1.165) is 6.54 Å². The number of rotatable bonds is 3. The highest BCUT2D eigenvalue weighted by Gasteiger charge is 2.32. The number of aromatic nitrogens is 2. The van der Waals surface area contributed by atoms with Gasteiger partial charge in [-0.3, -0.25) is 0 Å². The van der Waals surface area contributed by atoms with Gasteiger partial charge in [0.15, 0.2) is 5.65 Å². The number of nitrogens with one attached hydrogen (secondary N) is 1. The summed E-state index contributed by atoms with van der Waals surface area (Å²) in [6, 6.07) is 2.93. The highest BCUT2D eigenvalue weighted by Crippen LogP contribution is 2.28. The Kier molecular flexibility index (Phi) is 5.10. The fraction of sp³-hybridized carbons (Fsp3) is 0.500. The molecule has 2 aromatic heterocycles. The SMILES string of the molecule is CC#Cc1nc2c(N[C@@H]3CCN(C)C[C@@H]3F)cccn2c1CC(F)(F)F. The summed E-state index contributed by atoms with van der Waals surface area (Å²) in [5.41, 5.74) is 0.929. The second kappa shape index (κ2) is 7.16. The van der Waals surface area contributed by atoms with Gasteiger partial charge in [-0.25, -0.2) is 9.37 Å². The first kappa shape index (κ1) is 18.5. The molecule has 0 saturated carbocycles. The van der Waals surface area contributed by atoms with Crippen LogP contribution < -0.4 is 5.32 Å². The van der Waals surface area contributed by atoms with Gasteiger partial charge in [-0.05, 0) is 38.4 Å². The van der Waals surface area contributed by atoms with E-state index >= 15 is 0 Å². The van der Waals surface area contributed by atoms with E-state index in [2.05, 4.69) is 22.1 Å².